The van der Waals surface area contributed by atoms with Crippen molar-refractivity contribution < 1.29 is 14.0 Å². The van der Waals surface area contributed by atoms with Gasteiger partial charge in [0.2, 0.25) is 5.91 Å². The normalized spacial score (nSPS) is 14.8. The van der Waals surface area contributed by atoms with Gasteiger partial charge < -0.3 is 14.2 Å². The van der Waals surface area contributed by atoms with E-state index in [0.717, 1.165) is 15.2 Å². The van der Waals surface area contributed by atoms with Crippen LogP contribution in [0.25, 0.3) is 10.2 Å². The molecular weight excluding hydrogens is 350 g/mol. The van der Waals surface area contributed by atoms with Crippen LogP contribution in [0.1, 0.15) is 21.8 Å². The summed E-state index contributed by atoms with van der Waals surface area (Å²) in [4.78, 5) is 33.0. The van der Waals surface area contributed by atoms with Crippen LogP contribution in [0.3, 0.4) is 0 Å². The predicted molar refractivity (Wildman–Crippen MR) is 99.1 cm³/mol. The number of benzene rings is 1. The molecule has 0 bridgehead atoms. The summed E-state index contributed by atoms with van der Waals surface area (Å²) < 4.78 is 6.12. The Bertz CT molecular complexity index is 878. The van der Waals surface area contributed by atoms with E-state index in [2.05, 4.69) is 11.1 Å². The highest BCUT2D eigenvalue weighted by Gasteiger charge is 2.25. The Labute approximate surface area is 155 Å². The second-order valence-corrected chi connectivity index (χ2v) is 7.38. The molecule has 2 aromatic heterocycles. The summed E-state index contributed by atoms with van der Waals surface area (Å²) in [7, 11) is 0. The van der Waals surface area contributed by atoms with Crippen LogP contribution in [0.2, 0.25) is 0 Å². The molecule has 0 unspecified atom stereocenters. The van der Waals surface area contributed by atoms with E-state index in [9.17, 15) is 9.59 Å². The number of carbonyl (C=O) groups excluding carboxylic acids is 2. The molecule has 0 aliphatic carbocycles. The summed E-state index contributed by atoms with van der Waals surface area (Å²) in [6.45, 7) is 2.25. The van der Waals surface area contributed by atoms with Gasteiger partial charge in [0.15, 0.2) is 0 Å². The van der Waals surface area contributed by atoms with Crippen molar-refractivity contribution in [2.75, 3.05) is 26.2 Å². The number of furan rings is 1. The van der Waals surface area contributed by atoms with Crippen molar-refractivity contribution in [3.63, 3.8) is 0 Å². The lowest BCUT2D eigenvalue weighted by atomic mass is 10.2. The van der Waals surface area contributed by atoms with Crippen molar-refractivity contribution in [3.05, 3.63) is 53.4 Å². The summed E-state index contributed by atoms with van der Waals surface area (Å²) in [5, 5.41) is 0.994. The topological polar surface area (TPSA) is 66.7 Å². The van der Waals surface area contributed by atoms with Gasteiger partial charge in [-0.2, -0.15) is 0 Å². The van der Waals surface area contributed by atoms with Gasteiger partial charge in [0.1, 0.15) is 6.26 Å². The number of aryl methyl sites for hydroxylation is 1. The first-order valence-corrected chi connectivity index (χ1v) is 9.46. The Morgan fingerprint density at radius 2 is 1.85 bits per heavy atom. The lowest BCUT2D eigenvalue weighted by Crippen LogP contribution is -2.50. The van der Waals surface area contributed by atoms with Gasteiger partial charge in [0.05, 0.1) is 27.1 Å². The number of hydrogen-bond acceptors (Lipinski definition) is 5. The van der Waals surface area contributed by atoms with Crippen LogP contribution in [0.15, 0.2) is 47.3 Å². The van der Waals surface area contributed by atoms with Crippen molar-refractivity contribution in [1.82, 2.24) is 14.8 Å². The smallest absolute Gasteiger partial charge is 0.257 e. The Morgan fingerprint density at radius 3 is 2.58 bits per heavy atom. The molecule has 6 nitrogen and oxygen atoms in total. The summed E-state index contributed by atoms with van der Waals surface area (Å²) >= 11 is 1.65. The lowest BCUT2D eigenvalue weighted by Gasteiger charge is -2.34. The van der Waals surface area contributed by atoms with Gasteiger partial charge in [-0.05, 0) is 18.2 Å². The number of thiazole rings is 1. The van der Waals surface area contributed by atoms with Crippen molar-refractivity contribution in [2.45, 2.75) is 12.8 Å². The second kappa shape index (κ2) is 7.29. The van der Waals surface area contributed by atoms with Gasteiger partial charge in [-0.25, -0.2) is 4.98 Å². The number of hydrogen-bond donors (Lipinski definition) is 0. The third-order valence-electron chi connectivity index (χ3n) is 4.58. The number of carbonyl (C=O) groups is 2. The van der Waals surface area contributed by atoms with Gasteiger partial charge in [-0.3, -0.25) is 9.59 Å². The standard InChI is InChI=1S/C19H19N3O3S/c23-18(6-5-17-20-15-3-1-2-4-16(15)26-17)21-8-10-22(11-9-21)19(24)14-7-12-25-13-14/h1-4,7,12-13H,5-6,8-11H2. The lowest BCUT2D eigenvalue weighted by molar-refractivity contribution is -0.132. The van der Waals surface area contributed by atoms with E-state index >= 15 is 0 Å². The Balaban J connectivity index is 1.29. The number of aromatic nitrogens is 1. The minimum atomic E-state index is -0.0414. The van der Waals surface area contributed by atoms with E-state index < -0.39 is 0 Å². The largest absolute Gasteiger partial charge is 0.472 e. The monoisotopic (exact) mass is 369 g/mol. The van der Waals surface area contributed by atoms with E-state index in [4.69, 9.17) is 4.42 Å². The van der Waals surface area contributed by atoms with Crippen molar-refractivity contribution in [3.8, 4) is 0 Å². The Morgan fingerprint density at radius 1 is 1.08 bits per heavy atom. The molecular formula is C19H19N3O3S. The molecule has 7 heteroatoms. The molecule has 1 aliphatic rings. The molecule has 3 heterocycles. The maximum absolute atomic E-state index is 12.5. The number of amides is 2. The first-order chi connectivity index (χ1) is 12.7. The van der Waals surface area contributed by atoms with Crippen LogP contribution in [-0.2, 0) is 11.2 Å². The molecule has 0 spiro atoms. The SMILES string of the molecule is O=C(CCc1nc2ccccc2s1)N1CCN(C(=O)c2ccoc2)CC1. The molecule has 4 rings (SSSR count). The number of nitrogens with zero attached hydrogens (tertiary/aromatic N) is 3. The Kier molecular flexibility index (Phi) is 4.71. The fourth-order valence-corrected chi connectivity index (χ4v) is 4.09. The molecule has 0 atom stereocenters. The van der Waals surface area contributed by atoms with Gasteiger partial charge in [0, 0.05) is 39.0 Å². The van der Waals surface area contributed by atoms with Crippen LogP contribution in [0.5, 0.6) is 0 Å². The summed E-state index contributed by atoms with van der Waals surface area (Å²) in [5.74, 6) is 0.0833. The van der Waals surface area contributed by atoms with Gasteiger partial charge in [-0.1, -0.05) is 12.1 Å². The maximum atomic E-state index is 12.5. The average molecular weight is 369 g/mol. The molecule has 2 amide bonds. The van der Waals surface area contributed by atoms with E-state index in [-0.39, 0.29) is 11.8 Å². The van der Waals surface area contributed by atoms with Crippen LogP contribution >= 0.6 is 11.3 Å². The maximum Gasteiger partial charge on any atom is 0.257 e. The van der Waals surface area contributed by atoms with Crippen molar-refractivity contribution in [2.24, 2.45) is 0 Å². The van der Waals surface area contributed by atoms with E-state index in [1.54, 1.807) is 22.3 Å². The number of fused-ring (bicyclic) bond motifs is 1. The molecule has 26 heavy (non-hydrogen) atoms. The number of piperazine rings is 1. The molecule has 1 fully saturated rings. The highest BCUT2D eigenvalue weighted by molar-refractivity contribution is 7.18. The molecule has 1 aromatic carbocycles. The predicted octanol–water partition coefficient (Wildman–Crippen LogP) is 2.81. The zero-order valence-electron chi connectivity index (χ0n) is 14.3. The minimum Gasteiger partial charge on any atom is -0.472 e. The summed E-state index contributed by atoms with van der Waals surface area (Å²) in [6.07, 6.45) is 4.06. The van der Waals surface area contributed by atoms with E-state index in [0.29, 0.717) is 44.6 Å². The zero-order valence-corrected chi connectivity index (χ0v) is 15.1. The van der Waals surface area contributed by atoms with E-state index in [1.165, 1.54) is 12.5 Å². The van der Waals surface area contributed by atoms with E-state index in [1.807, 2.05) is 23.1 Å². The van der Waals surface area contributed by atoms with Crippen LogP contribution in [0.4, 0.5) is 0 Å². The second-order valence-electron chi connectivity index (χ2n) is 6.26. The molecule has 0 N–H and O–H groups in total. The Hall–Kier alpha value is -2.67. The highest BCUT2D eigenvalue weighted by atomic mass is 32.1. The van der Waals surface area contributed by atoms with Gasteiger partial charge in [0.25, 0.3) is 5.91 Å². The first kappa shape index (κ1) is 16.8. The quantitative estimate of drug-likeness (QED) is 0.709. The molecule has 0 radical (unpaired) electrons. The van der Waals surface area contributed by atoms with Crippen molar-refractivity contribution in [1.29, 1.82) is 0 Å². The molecule has 134 valence electrons. The van der Waals surface area contributed by atoms with Crippen molar-refractivity contribution >= 4 is 33.4 Å². The molecule has 0 saturated carbocycles. The van der Waals surface area contributed by atoms with Crippen LogP contribution < -0.4 is 0 Å². The zero-order chi connectivity index (χ0) is 17.9. The van der Waals surface area contributed by atoms with Crippen LogP contribution in [-0.4, -0.2) is 52.8 Å². The third-order valence-corrected chi connectivity index (χ3v) is 5.67. The third kappa shape index (κ3) is 3.48. The van der Waals surface area contributed by atoms with Gasteiger partial charge in [-0.15, -0.1) is 11.3 Å². The first-order valence-electron chi connectivity index (χ1n) is 8.64. The highest BCUT2D eigenvalue weighted by Crippen LogP contribution is 2.22. The summed E-state index contributed by atoms with van der Waals surface area (Å²) in [5.41, 5.74) is 1.55. The average Bonchev–Trinajstić information content (AvgIpc) is 3.35. The fraction of sp³-hybridized carbons (Fsp3) is 0.316. The van der Waals surface area contributed by atoms with Gasteiger partial charge >= 0.3 is 0 Å². The minimum absolute atomic E-state index is 0.0414. The van der Waals surface area contributed by atoms with Crippen LogP contribution in [0, 0.1) is 0 Å². The number of para-hydroxylation sites is 1. The summed E-state index contributed by atoms with van der Waals surface area (Å²) in [6, 6.07) is 9.68. The molecule has 1 aliphatic heterocycles. The molecule has 1 saturated heterocycles. The molecule has 3 aromatic rings. The number of rotatable bonds is 4. The fourth-order valence-electron chi connectivity index (χ4n) is 3.13.